The highest BCUT2D eigenvalue weighted by Crippen LogP contribution is 2.27. The number of amides is 1. The van der Waals surface area contributed by atoms with E-state index in [1.165, 1.54) is 12.1 Å². The fourth-order valence-electron chi connectivity index (χ4n) is 4.15. The molecule has 7 nitrogen and oxygen atoms in total. The summed E-state index contributed by atoms with van der Waals surface area (Å²) in [7, 11) is 0. The molecule has 1 saturated heterocycles. The third-order valence-electron chi connectivity index (χ3n) is 5.83. The summed E-state index contributed by atoms with van der Waals surface area (Å²) in [5.41, 5.74) is 2.03. The van der Waals surface area contributed by atoms with E-state index in [4.69, 9.17) is 0 Å². The standard InChI is InChI=1S/C24H26N4O3/c1-2-27(23-9-5-7-19-6-3-4-8-22(19)23)24(29)18-25-14-16-26(17-15-25)20-10-12-21(13-11-20)28(30)31/h3-13H,2,14-18H2,1H3. The topological polar surface area (TPSA) is 69.9 Å². The maximum absolute atomic E-state index is 13.1. The maximum atomic E-state index is 13.1. The van der Waals surface area contributed by atoms with Crippen molar-refractivity contribution in [3.8, 4) is 0 Å². The summed E-state index contributed by atoms with van der Waals surface area (Å²) < 4.78 is 0. The summed E-state index contributed by atoms with van der Waals surface area (Å²) in [6, 6.07) is 20.9. The predicted molar refractivity (Wildman–Crippen MR) is 124 cm³/mol. The van der Waals surface area contributed by atoms with Gasteiger partial charge in [0.1, 0.15) is 0 Å². The highest BCUT2D eigenvalue weighted by atomic mass is 16.6. The van der Waals surface area contributed by atoms with Crippen molar-refractivity contribution in [3.05, 3.63) is 76.8 Å². The Kier molecular flexibility index (Phi) is 6.13. The van der Waals surface area contributed by atoms with Crippen molar-refractivity contribution in [2.24, 2.45) is 0 Å². The summed E-state index contributed by atoms with van der Waals surface area (Å²) >= 11 is 0. The number of likely N-dealkylation sites (N-methyl/N-ethyl adjacent to an activating group) is 1. The van der Waals surface area contributed by atoms with E-state index in [0.717, 1.165) is 48.3 Å². The summed E-state index contributed by atoms with van der Waals surface area (Å²) in [5.74, 6) is 0.0997. The number of benzene rings is 3. The molecule has 1 aliphatic rings. The van der Waals surface area contributed by atoms with Gasteiger partial charge >= 0.3 is 0 Å². The van der Waals surface area contributed by atoms with Gasteiger partial charge in [-0.2, -0.15) is 0 Å². The van der Waals surface area contributed by atoms with Gasteiger partial charge in [-0.05, 0) is 30.5 Å². The van der Waals surface area contributed by atoms with E-state index < -0.39 is 0 Å². The lowest BCUT2D eigenvalue weighted by Gasteiger charge is -2.36. The van der Waals surface area contributed by atoms with Gasteiger partial charge in [0.15, 0.2) is 0 Å². The molecule has 0 saturated carbocycles. The van der Waals surface area contributed by atoms with Gasteiger partial charge in [0.25, 0.3) is 5.69 Å². The first-order valence-electron chi connectivity index (χ1n) is 10.6. The van der Waals surface area contributed by atoms with Gasteiger partial charge in [-0.1, -0.05) is 36.4 Å². The molecule has 7 heteroatoms. The number of hydrogen-bond acceptors (Lipinski definition) is 5. The highest BCUT2D eigenvalue weighted by Gasteiger charge is 2.23. The van der Waals surface area contributed by atoms with E-state index in [1.54, 1.807) is 12.1 Å². The number of nitrogens with zero attached hydrogens (tertiary/aromatic N) is 4. The lowest BCUT2D eigenvalue weighted by molar-refractivity contribution is -0.384. The number of piperazine rings is 1. The van der Waals surface area contributed by atoms with Gasteiger partial charge in [0.2, 0.25) is 5.91 Å². The maximum Gasteiger partial charge on any atom is 0.269 e. The third kappa shape index (κ3) is 4.51. The molecule has 3 aromatic carbocycles. The molecule has 0 spiro atoms. The molecule has 31 heavy (non-hydrogen) atoms. The van der Waals surface area contributed by atoms with Crippen LogP contribution in [-0.2, 0) is 4.79 Å². The zero-order chi connectivity index (χ0) is 21.8. The number of carbonyl (C=O) groups excluding carboxylic acids is 1. The zero-order valence-corrected chi connectivity index (χ0v) is 17.6. The van der Waals surface area contributed by atoms with Crippen molar-refractivity contribution >= 4 is 33.7 Å². The van der Waals surface area contributed by atoms with E-state index in [1.807, 2.05) is 36.1 Å². The van der Waals surface area contributed by atoms with Crippen molar-refractivity contribution in [1.29, 1.82) is 0 Å². The first-order chi connectivity index (χ1) is 15.1. The van der Waals surface area contributed by atoms with E-state index in [-0.39, 0.29) is 16.5 Å². The second kappa shape index (κ2) is 9.14. The Morgan fingerprint density at radius 2 is 1.65 bits per heavy atom. The second-order valence-electron chi connectivity index (χ2n) is 7.67. The molecule has 1 heterocycles. The van der Waals surface area contributed by atoms with Gasteiger partial charge in [-0.3, -0.25) is 19.8 Å². The minimum Gasteiger partial charge on any atom is -0.369 e. The number of nitro groups is 1. The molecule has 4 rings (SSSR count). The van der Waals surface area contributed by atoms with Crippen LogP contribution < -0.4 is 9.80 Å². The van der Waals surface area contributed by atoms with Crippen molar-refractivity contribution < 1.29 is 9.72 Å². The molecular formula is C24H26N4O3. The van der Waals surface area contributed by atoms with Crippen molar-refractivity contribution in [2.45, 2.75) is 6.92 Å². The normalized spacial score (nSPS) is 14.5. The molecular weight excluding hydrogens is 392 g/mol. The summed E-state index contributed by atoms with van der Waals surface area (Å²) in [4.78, 5) is 29.8. The zero-order valence-electron chi connectivity index (χ0n) is 17.6. The number of hydrogen-bond donors (Lipinski definition) is 0. The van der Waals surface area contributed by atoms with Crippen LogP contribution in [0.2, 0.25) is 0 Å². The minimum absolute atomic E-state index is 0.0982. The monoisotopic (exact) mass is 418 g/mol. The highest BCUT2D eigenvalue weighted by molar-refractivity contribution is 6.04. The third-order valence-corrected chi connectivity index (χ3v) is 5.83. The van der Waals surface area contributed by atoms with Crippen molar-refractivity contribution in [3.63, 3.8) is 0 Å². The van der Waals surface area contributed by atoms with E-state index in [2.05, 4.69) is 28.0 Å². The van der Waals surface area contributed by atoms with Crippen LogP contribution in [0.5, 0.6) is 0 Å². The molecule has 0 radical (unpaired) electrons. The minimum atomic E-state index is -0.386. The number of nitro benzene ring substituents is 1. The van der Waals surface area contributed by atoms with Crippen molar-refractivity contribution in [1.82, 2.24) is 4.90 Å². The molecule has 0 unspecified atom stereocenters. The quantitative estimate of drug-likeness (QED) is 0.448. The Bertz CT molecular complexity index is 1070. The Morgan fingerprint density at radius 3 is 2.32 bits per heavy atom. The van der Waals surface area contributed by atoms with E-state index in [0.29, 0.717) is 13.1 Å². The lowest BCUT2D eigenvalue weighted by atomic mass is 10.1. The molecule has 0 N–H and O–H groups in total. The number of carbonyl (C=O) groups is 1. The molecule has 0 aromatic heterocycles. The second-order valence-corrected chi connectivity index (χ2v) is 7.67. The van der Waals surface area contributed by atoms with Gasteiger partial charge in [-0.25, -0.2) is 0 Å². The first kappa shape index (κ1) is 20.8. The average Bonchev–Trinajstić information content (AvgIpc) is 2.80. The van der Waals surface area contributed by atoms with Gasteiger partial charge in [0.05, 0.1) is 17.2 Å². The molecule has 3 aromatic rings. The smallest absolute Gasteiger partial charge is 0.269 e. The lowest BCUT2D eigenvalue weighted by Crippen LogP contribution is -2.50. The van der Waals surface area contributed by atoms with Crippen LogP contribution in [-0.4, -0.2) is 55.0 Å². The number of non-ortho nitro benzene ring substituents is 1. The fourth-order valence-corrected chi connectivity index (χ4v) is 4.15. The predicted octanol–water partition coefficient (Wildman–Crippen LogP) is 3.92. The van der Waals surface area contributed by atoms with Crippen LogP contribution in [0.25, 0.3) is 10.8 Å². The Hall–Kier alpha value is -3.45. The van der Waals surface area contributed by atoms with Crippen LogP contribution >= 0.6 is 0 Å². The Morgan fingerprint density at radius 1 is 0.968 bits per heavy atom. The number of rotatable bonds is 6. The van der Waals surface area contributed by atoms with Crippen LogP contribution in [0.3, 0.4) is 0 Å². The fraction of sp³-hybridized carbons (Fsp3) is 0.292. The summed E-state index contributed by atoms with van der Waals surface area (Å²) in [6.45, 7) is 6.12. The van der Waals surface area contributed by atoms with Gasteiger partial charge in [0, 0.05) is 55.9 Å². The first-order valence-corrected chi connectivity index (χ1v) is 10.6. The Balaban J connectivity index is 1.39. The van der Waals surface area contributed by atoms with Crippen LogP contribution in [0.15, 0.2) is 66.7 Å². The van der Waals surface area contributed by atoms with Gasteiger partial charge in [-0.15, -0.1) is 0 Å². The molecule has 0 bridgehead atoms. The van der Waals surface area contributed by atoms with Crippen LogP contribution in [0, 0.1) is 10.1 Å². The van der Waals surface area contributed by atoms with E-state index >= 15 is 0 Å². The number of fused-ring (bicyclic) bond motifs is 1. The van der Waals surface area contributed by atoms with Crippen LogP contribution in [0.1, 0.15) is 6.92 Å². The molecule has 1 fully saturated rings. The largest absolute Gasteiger partial charge is 0.369 e. The summed E-state index contributed by atoms with van der Waals surface area (Å²) in [5, 5.41) is 13.1. The molecule has 1 aliphatic heterocycles. The molecule has 0 atom stereocenters. The average molecular weight is 418 g/mol. The molecule has 1 amide bonds. The van der Waals surface area contributed by atoms with Crippen LogP contribution in [0.4, 0.5) is 17.1 Å². The Labute approximate surface area is 181 Å². The van der Waals surface area contributed by atoms with Gasteiger partial charge < -0.3 is 9.80 Å². The molecule has 160 valence electrons. The summed E-state index contributed by atoms with van der Waals surface area (Å²) in [6.07, 6.45) is 0. The molecule has 0 aliphatic carbocycles. The van der Waals surface area contributed by atoms with E-state index in [9.17, 15) is 14.9 Å². The van der Waals surface area contributed by atoms with Crippen molar-refractivity contribution in [2.75, 3.05) is 49.1 Å². The number of anilines is 2. The SMILES string of the molecule is CCN(C(=O)CN1CCN(c2ccc([N+](=O)[O-])cc2)CC1)c1cccc2ccccc12.